The summed E-state index contributed by atoms with van der Waals surface area (Å²) < 4.78 is 69.5. The highest BCUT2D eigenvalue weighted by Gasteiger charge is 2.49. The SMILES string of the molecule is C#Cc1c(F)ccc2cc(OCOC)cc(-c3nc4c5c(nc(OC[C@@]67CCCN6C[C@H](F)C7)nc5c3F)N3CC[C@@H]3CO4)c12. The van der Waals surface area contributed by atoms with Gasteiger partial charge in [-0.2, -0.15) is 9.97 Å². The maximum atomic E-state index is 16.9. The highest BCUT2D eigenvalue weighted by Crippen LogP contribution is 2.45. The number of benzene rings is 2. The number of halogens is 3. The first-order valence-electron chi connectivity index (χ1n) is 15.1. The molecule has 0 N–H and O–H groups in total. The molecule has 2 aromatic heterocycles. The normalized spacial score (nSPS) is 23.7. The first-order valence-corrected chi connectivity index (χ1v) is 15.1. The van der Waals surface area contributed by atoms with Crippen molar-refractivity contribution < 1.29 is 32.1 Å². The fraction of sp³-hybridized carbons (Fsp3) is 0.424. The number of nitrogens with zero attached hydrogens (tertiary/aromatic N) is 5. The van der Waals surface area contributed by atoms with Crippen LogP contribution in [0.3, 0.4) is 0 Å². The van der Waals surface area contributed by atoms with Crippen LogP contribution in [0.4, 0.5) is 19.0 Å². The third kappa shape index (κ3) is 4.43. The molecule has 0 radical (unpaired) electrons. The minimum atomic E-state index is -0.917. The van der Waals surface area contributed by atoms with Gasteiger partial charge in [-0.1, -0.05) is 12.0 Å². The van der Waals surface area contributed by atoms with Gasteiger partial charge in [0.2, 0.25) is 5.88 Å². The van der Waals surface area contributed by atoms with Crippen LogP contribution in [-0.2, 0) is 4.74 Å². The summed E-state index contributed by atoms with van der Waals surface area (Å²) in [6.07, 6.45) is 7.86. The summed E-state index contributed by atoms with van der Waals surface area (Å²) in [6.45, 7) is 2.35. The Morgan fingerprint density at radius 2 is 2.02 bits per heavy atom. The Morgan fingerprint density at radius 1 is 1.13 bits per heavy atom. The number of methoxy groups -OCH3 is 1. The molecule has 8 rings (SSSR count). The quantitative estimate of drug-likeness (QED) is 0.210. The molecule has 4 aromatic rings. The van der Waals surface area contributed by atoms with Crippen molar-refractivity contribution >= 4 is 27.5 Å². The minimum absolute atomic E-state index is 0.00650. The lowest BCUT2D eigenvalue weighted by atomic mass is 9.95. The van der Waals surface area contributed by atoms with Gasteiger partial charge in [-0.25, -0.2) is 18.2 Å². The second kappa shape index (κ2) is 10.6. The minimum Gasteiger partial charge on any atom is -0.475 e. The van der Waals surface area contributed by atoms with Gasteiger partial charge in [-0.05, 0) is 49.4 Å². The highest BCUT2D eigenvalue weighted by atomic mass is 19.1. The summed E-state index contributed by atoms with van der Waals surface area (Å²) in [7, 11) is 1.48. The molecule has 4 aliphatic heterocycles. The molecule has 232 valence electrons. The first-order chi connectivity index (χ1) is 21.9. The van der Waals surface area contributed by atoms with Crippen molar-refractivity contribution in [3.05, 3.63) is 41.5 Å². The predicted octanol–water partition coefficient (Wildman–Crippen LogP) is 5.01. The molecule has 0 amide bonds. The zero-order valence-corrected chi connectivity index (χ0v) is 24.6. The summed E-state index contributed by atoms with van der Waals surface area (Å²) in [4.78, 5) is 18.1. The van der Waals surface area contributed by atoms with Gasteiger partial charge in [0, 0.05) is 37.6 Å². The average Bonchev–Trinajstić information content (AvgIpc) is 3.51. The molecule has 9 nitrogen and oxygen atoms in total. The van der Waals surface area contributed by atoms with Crippen LogP contribution in [0.2, 0.25) is 0 Å². The zero-order valence-electron chi connectivity index (χ0n) is 24.6. The van der Waals surface area contributed by atoms with Gasteiger partial charge in [-0.15, -0.1) is 6.42 Å². The second-order valence-corrected chi connectivity index (χ2v) is 12.1. The maximum absolute atomic E-state index is 16.9. The number of fused-ring (bicyclic) bond motifs is 4. The summed E-state index contributed by atoms with van der Waals surface area (Å²) >= 11 is 0. The average molecular weight is 618 g/mol. The van der Waals surface area contributed by atoms with E-state index in [9.17, 15) is 4.39 Å². The van der Waals surface area contributed by atoms with E-state index in [1.54, 1.807) is 18.2 Å². The third-order valence-corrected chi connectivity index (χ3v) is 9.56. The molecule has 0 bridgehead atoms. The van der Waals surface area contributed by atoms with Crippen LogP contribution in [-0.4, -0.2) is 84.4 Å². The molecule has 4 aliphatic rings. The summed E-state index contributed by atoms with van der Waals surface area (Å²) in [5, 5.41) is 1.15. The maximum Gasteiger partial charge on any atom is 0.319 e. The van der Waals surface area contributed by atoms with Crippen molar-refractivity contribution in [2.75, 3.05) is 51.7 Å². The molecule has 2 aromatic carbocycles. The van der Waals surface area contributed by atoms with Crippen LogP contribution in [0.25, 0.3) is 32.9 Å². The zero-order chi connectivity index (χ0) is 30.9. The number of alkyl halides is 1. The van der Waals surface area contributed by atoms with Crippen LogP contribution in [0.5, 0.6) is 17.6 Å². The van der Waals surface area contributed by atoms with E-state index >= 15 is 8.78 Å². The lowest BCUT2D eigenvalue weighted by molar-refractivity contribution is 0.0512. The van der Waals surface area contributed by atoms with Crippen LogP contribution in [0, 0.1) is 24.0 Å². The van der Waals surface area contributed by atoms with E-state index < -0.39 is 23.3 Å². The van der Waals surface area contributed by atoms with Crippen molar-refractivity contribution in [1.29, 1.82) is 0 Å². The number of aromatic nitrogens is 3. The molecule has 0 saturated carbocycles. The highest BCUT2D eigenvalue weighted by molar-refractivity contribution is 6.04. The molecule has 45 heavy (non-hydrogen) atoms. The molecule has 3 atom stereocenters. The molecule has 0 aliphatic carbocycles. The Hall–Kier alpha value is -4.34. The Balaban J connectivity index is 1.32. The van der Waals surface area contributed by atoms with Gasteiger partial charge in [0.15, 0.2) is 12.6 Å². The number of ether oxygens (including phenoxy) is 4. The number of pyridine rings is 1. The largest absolute Gasteiger partial charge is 0.475 e. The standard InChI is InChI=1S/C33H30F3N5O4/c1-3-22-24(35)6-5-18-11-21(45-17-42-2)12-23(25(18)22)28-27(36)29-26-30(41-10-7-20(41)15-43-31(26)37-28)39-32(38-29)44-16-33-8-4-9-40(33)14-19(34)13-33/h1,5-6,11-12,19-20H,4,7-10,13-17H2,2H3/t19-,20-,33+/m1/s1. The van der Waals surface area contributed by atoms with Crippen LogP contribution < -0.4 is 19.1 Å². The van der Waals surface area contributed by atoms with Gasteiger partial charge in [-0.3, -0.25) is 4.90 Å². The molecular formula is C33H30F3N5O4. The molecule has 0 unspecified atom stereocenters. The van der Waals surface area contributed by atoms with Crippen LogP contribution in [0.15, 0.2) is 24.3 Å². The lowest BCUT2D eigenvalue weighted by Gasteiger charge is -2.40. The summed E-state index contributed by atoms with van der Waals surface area (Å²) in [5.74, 6) is 2.00. The van der Waals surface area contributed by atoms with E-state index in [-0.39, 0.29) is 53.7 Å². The van der Waals surface area contributed by atoms with E-state index in [4.69, 9.17) is 30.4 Å². The van der Waals surface area contributed by atoms with Gasteiger partial charge in [0.05, 0.1) is 17.1 Å². The topological polar surface area (TPSA) is 82.1 Å². The number of terminal acetylenes is 1. The fourth-order valence-corrected chi connectivity index (χ4v) is 7.33. The monoisotopic (exact) mass is 617 g/mol. The van der Waals surface area contributed by atoms with E-state index in [2.05, 4.69) is 20.8 Å². The molecule has 3 saturated heterocycles. The van der Waals surface area contributed by atoms with E-state index in [0.717, 1.165) is 25.8 Å². The van der Waals surface area contributed by atoms with Crippen LogP contribution >= 0.6 is 0 Å². The number of hydrogen-bond acceptors (Lipinski definition) is 9. The van der Waals surface area contributed by atoms with E-state index in [0.29, 0.717) is 53.8 Å². The van der Waals surface area contributed by atoms with E-state index in [1.165, 1.54) is 13.2 Å². The van der Waals surface area contributed by atoms with Gasteiger partial charge >= 0.3 is 6.01 Å². The molecule has 12 heteroatoms. The van der Waals surface area contributed by atoms with Crippen molar-refractivity contribution in [2.45, 2.75) is 43.4 Å². The van der Waals surface area contributed by atoms with Gasteiger partial charge in [0.1, 0.15) is 53.4 Å². The Labute approximate surface area is 257 Å². The molecular weight excluding hydrogens is 587 g/mol. The first kappa shape index (κ1) is 28.2. The van der Waals surface area contributed by atoms with Crippen molar-refractivity contribution in [1.82, 2.24) is 19.9 Å². The van der Waals surface area contributed by atoms with Crippen molar-refractivity contribution in [3.8, 4) is 41.2 Å². The van der Waals surface area contributed by atoms with Crippen molar-refractivity contribution in [2.24, 2.45) is 0 Å². The third-order valence-electron chi connectivity index (χ3n) is 9.56. The Bertz CT molecular complexity index is 1900. The molecule has 3 fully saturated rings. The summed E-state index contributed by atoms with van der Waals surface area (Å²) in [5.41, 5.74) is -0.440. The van der Waals surface area contributed by atoms with E-state index in [1.807, 2.05) is 4.90 Å². The Kier molecular flexibility index (Phi) is 6.65. The lowest BCUT2D eigenvalue weighted by Crippen LogP contribution is -2.50. The van der Waals surface area contributed by atoms with Crippen molar-refractivity contribution in [3.63, 3.8) is 0 Å². The number of anilines is 1. The van der Waals surface area contributed by atoms with Crippen LogP contribution in [0.1, 0.15) is 31.2 Å². The second-order valence-electron chi connectivity index (χ2n) is 12.1. The smallest absolute Gasteiger partial charge is 0.319 e. The molecule has 6 heterocycles. The predicted molar refractivity (Wildman–Crippen MR) is 160 cm³/mol. The number of rotatable bonds is 7. The van der Waals surface area contributed by atoms with Gasteiger partial charge in [0.25, 0.3) is 0 Å². The summed E-state index contributed by atoms with van der Waals surface area (Å²) in [6, 6.07) is 6.06. The Morgan fingerprint density at radius 3 is 2.82 bits per heavy atom. The van der Waals surface area contributed by atoms with Gasteiger partial charge < -0.3 is 23.8 Å². The number of hydrogen-bond donors (Lipinski definition) is 0. The fourth-order valence-electron chi connectivity index (χ4n) is 7.33. The molecule has 0 spiro atoms.